The van der Waals surface area contributed by atoms with Crippen molar-refractivity contribution in [1.82, 2.24) is 4.90 Å². The summed E-state index contributed by atoms with van der Waals surface area (Å²) in [5.74, 6) is 1.42. The Hall–Kier alpha value is -2.68. The number of nitriles is 1. The van der Waals surface area contributed by atoms with Crippen molar-refractivity contribution in [2.24, 2.45) is 23.2 Å². The Morgan fingerprint density at radius 2 is 1.69 bits per heavy atom. The zero-order valence-electron chi connectivity index (χ0n) is 18.9. The third kappa shape index (κ3) is 3.25. The fraction of sp³-hybridized carbons (Fsp3) is 0.615. The minimum absolute atomic E-state index is 0.0290. The zero-order chi connectivity index (χ0) is 22.6. The van der Waals surface area contributed by atoms with Crippen LogP contribution in [0.1, 0.15) is 70.8 Å². The fourth-order valence-corrected chi connectivity index (χ4v) is 7.28. The van der Waals surface area contributed by atoms with Gasteiger partial charge in [-0.05, 0) is 93.9 Å². The minimum atomic E-state index is -0.742. The summed E-state index contributed by atoms with van der Waals surface area (Å²) in [6, 6.07) is 7.69. The van der Waals surface area contributed by atoms with Crippen molar-refractivity contribution < 1.29 is 14.4 Å². The van der Waals surface area contributed by atoms with Crippen molar-refractivity contribution in [2.45, 2.75) is 77.3 Å². The van der Waals surface area contributed by atoms with Gasteiger partial charge in [-0.3, -0.25) is 14.4 Å². The van der Waals surface area contributed by atoms with Gasteiger partial charge in [0.1, 0.15) is 6.04 Å². The third-order valence-electron chi connectivity index (χ3n) is 8.51. The Labute approximate surface area is 189 Å². The number of hydrogen-bond donors (Lipinski definition) is 0. The molecule has 5 fully saturated rings. The second-order valence-corrected chi connectivity index (χ2v) is 10.6. The highest BCUT2D eigenvalue weighted by molar-refractivity contribution is 6.23. The summed E-state index contributed by atoms with van der Waals surface area (Å²) in [5.41, 5.74) is 0.596. The molecule has 0 spiro atoms. The van der Waals surface area contributed by atoms with E-state index < -0.39 is 6.04 Å². The highest BCUT2D eigenvalue weighted by Gasteiger charge is 2.58. The van der Waals surface area contributed by atoms with Gasteiger partial charge in [0.15, 0.2) is 0 Å². The van der Waals surface area contributed by atoms with Crippen LogP contribution < -0.4 is 4.90 Å². The molecular weight excluding hydrogens is 402 g/mol. The van der Waals surface area contributed by atoms with Crippen molar-refractivity contribution in [3.05, 3.63) is 29.8 Å². The molecule has 1 heterocycles. The Morgan fingerprint density at radius 1 is 1.12 bits per heavy atom. The lowest BCUT2D eigenvalue weighted by molar-refractivity contribution is -0.164. The molecule has 32 heavy (non-hydrogen) atoms. The first kappa shape index (κ1) is 21.2. The van der Waals surface area contributed by atoms with Crippen LogP contribution in [0.4, 0.5) is 5.69 Å². The predicted octanol–water partition coefficient (Wildman–Crippen LogP) is 4.03. The maximum Gasteiger partial charge on any atom is 0.257 e. The first-order valence-electron chi connectivity index (χ1n) is 12.0. The summed E-state index contributed by atoms with van der Waals surface area (Å²) < 4.78 is 0. The predicted molar refractivity (Wildman–Crippen MR) is 119 cm³/mol. The quantitative estimate of drug-likeness (QED) is 0.657. The number of amides is 3. The molecule has 1 saturated heterocycles. The molecule has 2 unspecified atom stereocenters. The van der Waals surface area contributed by atoms with Crippen LogP contribution in [0.15, 0.2) is 24.3 Å². The topological polar surface area (TPSA) is 81.5 Å². The number of rotatable bonds is 5. The number of hydrogen-bond acceptors (Lipinski definition) is 4. The SMILES string of the molecule is CCC(C)N(C(=O)C12CC3CC(CC(C3)C1)C2)C1CC(=O)N(c2ccc(C#N)cc2)C1=O. The van der Waals surface area contributed by atoms with E-state index in [1.807, 2.05) is 13.8 Å². The second kappa shape index (κ2) is 7.72. The summed E-state index contributed by atoms with van der Waals surface area (Å²) in [4.78, 5) is 43.6. The molecule has 1 aliphatic heterocycles. The van der Waals surface area contributed by atoms with Crippen LogP contribution >= 0.6 is 0 Å². The summed E-state index contributed by atoms with van der Waals surface area (Å²) in [5, 5.41) is 9.04. The molecule has 0 N–H and O–H groups in total. The number of carbonyl (C=O) groups excluding carboxylic acids is 3. The summed E-state index contributed by atoms with van der Waals surface area (Å²) >= 11 is 0. The number of imide groups is 1. The molecule has 2 atom stereocenters. The van der Waals surface area contributed by atoms with Gasteiger partial charge in [-0.2, -0.15) is 5.26 Å². The highest BCUT2D eigenvalue weighted by atomic mass is 16.2. The van der Waals surface area contributed by atoms with Crippen molar-refractivity contribution in [2.75, 3.05) is 4.90 Å². The van der Waals surface area contributed by atoms with E-state index in [1.165, 1.54) is 24.2 Å². The molecule has 4 bridgehead atoms. The van der Waals surface area contributed by atoms with E-state index in [9.17, 15) is 14.4 Å². The number of nitrogens with zero attached hydrogens (tertiary/aromatic N) is 3. The zero-order valence-corrected chi connectivity index (χ0v) is 18.9. The van der Waals surface area contributed by atoms with E-state index in [4.69, 9.17) is 5.26 Å². The highest BCUT2D eigenvalue weighted by Crippen LogP contribution is 2.61. The van der Waals surface area contributed by atoms with Crippen LogP contribution in [-0.2, 0) is 14.4 Å². The largest absolute Gasteiger partial charge is 0.327 e. The van der Waals surface area contributed by atoms with Crippen LogP contribution in [0.2, 0.25) is 0 Å². The lowest BCUT2D eigenvalue weighted by Crippen LogP contribution is -2.59. The average molecular weight is 434 g/mol. The molecule has 3 amide bonds. The van der Waals surface area contributed by atoms with E-state index in [1.54, 1.807) is 29.2 Å². The summed E-state index contributed by atoms with van der Waals surface area (Å²) in [6.45, 7) is 4.03. The third-order valence-corrected chi connectivity index (χ3v) is 8.51. The Morgan fingerprint density at radius 3 is 2.19 bits per heavy atom. The van der Waals surface area contributed by atoms with Crippen LogP contribution in [0.3, 0.4) is 0 Å². The standard InChI is InChI=1S/C26H31N3O3/c1-3-16(2)28(25(32)26-12-18-8-19(13-26)10-20(9-18)14-26)22-11-23(30)29(24(22)31)21-6-4-17(15-27)5-7-21/h4-7,16,18-20,22H,3,8-14H2,1-2H3. The molecule has 1 aromatic carbocycles. The molecule has 168 valence electrons. The molecule has 6 nitrogen and oxygen atoms in total. The molecule has 0 aromatic heterocycles. The molecule has 4 aliphatic carbocycles. The molecule has 6 heteroatoms. The van der Waals surface area contributed by atoms with E-state index in [0.717, 1.165) is 25.7 Å². The van der Waals surface area contributed by atoms with Crippen LogP contribution in [0, 0.1) is 34.5 Å². The smallest absolute Gasteiger partial charge is 0.257 e. The van der Waals surface area contributed by atoms with E-state index in [2.05, 4.69) is 6.07 Å². The monoisotopic (exact) mass is 433 g/mol. The van der Waals surface area contributed by atoms with Gasteiger partial charge in [0.2, 0.25) is 11.8 Å². The maximum absolute atomic E-state index is 14.2. The lowest BCUT2D eigenvalue weighted by atomic mass is 9.49. The van der Waals surface area contributed by atoms with Gasteiger partial charge in [-0.1, -0.05) is 6.92 Å². The van der Waals surface area contributed by atoms with Crippen molar-refractivity contribution in [1.29, 1.82) is 5.26 Å². The van der Waals surface area contributed by atoms with Gasteiger partial charge < -0.3 is 4.90 Å². The maximum atomic E-state index is 14.2. The first-order chi connectivity index (χ1) is 15.3. The van der Waals surface area contributed by atoms with Gasteiger partial charge >= 0.3 is 0 Å². The Balaban J connectivity index is 1.45. The molecular formula is C26H31N3O3. The molecule has 4 saturated carbocycles. The molecule has 6 rings (SSSR count). The van der Waals surface area contributed by atoms with E-state index in [-0.39, 0.29) is 35.6 Å². The summed E-state index contributed by atoms with van der Waals surface area (Å²) in [7, 11) is 0. The van der Waals surface area contributed by atoms with Gasteiger partial charge in [0.05, 0.1) is 29.2 Å². The molecule has 0 radical (unpaired) electrons. The number of anilines is 1. The Kier molecular flexibility index (Phi) is 5.11. The van der Waals surface area contributed by atoms with Crippen LogP contribution in [0.5, 0.6) is 0 Å². The van der Waals surface area contributed by atoms with Crippen molar-refractivity contribution >= 4 is 23.4 Å². The van der Waals surface area contributed by atoms with Crippen molar-refractivity contribution in [3.8, 4) is 6.07 Å². The first-order valence-corrected chi connectivity index (χ1v) is 12.0. The van der Waals surface area contributed by atoms with E-state index in [0.29, 0.717) is 29.0 Å². The molecule has 5 aliphatic rings. The fourth-order valence-electron chi connectivity index (χ4n) is 7.28. The second-order valence-electron chi connectivity index (χ2n) is 10.6. The van der Waals surface area contributed by atoms with Gasteiger partial charge in [0, 0.05) is 6.04 Å². The average Bonchev–Trinajstić information content (AvgIpc) is 3.06. The van der Waals surface area contributed by atoms with Crippen LogP contribution in [-0.4, -0.2) is 34.7 Å². The minimum Gasteiger partial charge on any atom is -0.327 e. The van der Waals surface area contributed by atoms with Gasteiger partial charge in [-0.15, -0.1) is 0 Å². The van der Waals surface area contributed by atoms with Gasteiger partial charge in [-0.25, -0.2) is 4.90 Å². The van der Waals surface area contributed by atoms with Gasteiger partial charge in [0.25, 0.3) is 5.91 Å². The van der Waals surface area contributed by atoms with E-state index >= 15 is 0 Å². The lowest BCUT2D eigenvalue weighted by Gasteiger charge is -2.57. The van der Waals surface area contributed by atoms with Crippen LogP contribution in [0.25, 0.3) is 0 Å². The summed E-state index contributed by atoms with van der Waals surface area (Å²) in [6.07, 6.45) is 7.36. The Bertz CT molecular complexity index is 957. The number of benzene rings is 1. The normalized spacial score (nSPS) is 34.0. The molecule has 1 aromatic rings. The number of carbonyl (C=O) groups is 3. The van der Waals surface area contributed by atoms with Crippen molar-refractivity contribution in [3.63, 3.8) is 0 Å².